The predicted octanol–water partition coefficient (Wildman–Crippen LogP) is 17.1. The van der Waals surface area contributed by atoms with Crippen LogP contribution < -0.4 is 18.9 Å². The molecule has 8 aromatic rings. The van der Waals surface area contributed by atoms with E-state index in [1.807, 2.05) is 194 Å². The summed E-state index contributed by atoms with van der Waals surface area (Å²) in [6, 6.07) is 70.4. The summed E-state index contributed by atoms with van der Waals surface area (Å²) < 4.78 is 42.7. The summed E-state index contributed by atoms with van der Waals surface area (Å²) in [6.07, 6.45) is 1.10. The van der Waals surface area contributed by atoms with Crippen molar-refractivity contribution in [3.05, 3.63) is 216 Å². The van der Waals surface area contributed by atoms with Crippen molar-refractivity contribution in [2.75, 3.05) is 52.9 Å². The van der Waals surface area contributed by atoms with Crippen molar-refractivity contribution in [2.24, 2.45) is 0 Å². The van der Waals surface area contributed by atoms with Gasteiger partial charge in [0.2, 0.25) is 0 Å². The Labute approximate surface area is 501 Å². The zero-order chi connectivity index (χ0) is 52.3. The molecule has 12 heteroatoms. The molecule has 0 N–H and O–H groups in total. The molecule has 0 bridgehead atoms. The van der Waals surface area contributed by atoms with Gasteiger partial charge in [-0.1, -0.05) is 156 Å². The minimum atomic E-state index is 0. The Morgan fingerprint density at radius 2 is 0.381 bits per heavy atom. The van der Waals surface area contributed by atoms with Crippen molar-refractivity contribution in [1.29, 1.82) is 21.0 Å². The highest BCUT2D eigenvalue weighted by molar-refractivity contribution is 5.68. The van der Waals surface area contributed by atoms with E-state index < -0.39 is 0 Å². The molecule has 84 heavy (non-hydrogen) atoms. The molecule has 0 spiro atoms. The molecule has 4 fully saturated rings. The average molecular weight is 1130 g/mol. The molecule has 12 nitrogen and oxygen atoms in total. The van der Waals surface area contributed by atoms with E-state index in [0.29, 0.717) is 48.7 Å². The van der Waals surface area contributed by atoms with E-state index in [-0.39, 0.29) is 83.8 Å². The van der Waals surface area contributed by atoms with Gasteiger partial charge in [-0.2, -0.15) is 21.0 Å². The van der Waals surface area contributed by atoms with Crippen molar-refractivity contribution >= 4 is 0 Å². The lowest BCUT2D eigenvalue weighted by Crippen LogP contribution is -2.03. The van der Waals surface area contributed by atoms with Crippen molar-refractivity contribution in [1.82, 2.24) is 0 Å². The van der Waals surface area contributed by atoms with Gasteiger partial charge >= 0.3 is 0 Å². The van der Waals surface area contributed by atoms with Crippen LogP contribution in [-0.2, 0) is 18.9 Å². The number of hydrogen-bond acceptors (Lipinski definition) is 12. The Morgan fingerprint density at radius 3 is 0.500 bits per heavy atom. The molecule has 12 rings (SSSR count). The highest BCUT2D eigenvalue weighted by Crippen LogP contribution is 2.28. The highest BCUT2D eigenvalue weighted by Gasteiger charge is 2.25. The smallest absolute Gasteiger partial charge is 0.119 e. The number of nitrogens with zero attached hydrogens (tertiary/aromatic N) is 4. The lowest BCUT2D eigenvalue weighted by atomic mass is 10.0. The molecule has 4 aliphatic rings. The second kappa shape index (κ2) is 37.0. The normalized spacial score (nSPS) is 15.1. The van der Waals surface area contributed by atoms with E-state index in [1.54, 1.807) is 0 Å². The fourth-order valence-corrected chi connectivity index (χ4v) is 7.34. The van der Waals surface area contributed by atoms with Crippen molar-refractivity contribution < 1.29 is 37.9 Å². The maximum atomic E-state index is 8.77. The Bertz CT molecular complexity index is 2820. The zero-order valence-corrected chi connectivity index (χ0v) is 41.5. The number of ether oxygens (including phenoxy) is 8. The molecule has 4 unspecified atom stereocenters. The largest absolute Gasteiger partial charge is 0.491 e. The van der Waals surface area contributed by atoms with E-state index in [9.17, 15) is 0 Å². The quantitative estimate of drug-likeness (QED) is 0.0836. The van der Waals surface area contributed by atoms with Crippen LogP contribution in [0.15, 0.2) is 194 Å². The topological polar surface area (TPSA) is 182 Å². The van der Waals surface area contributed by atoms with Crippen molar-refractivity contribution in [2.45, 2.75) is 83.8 Å². The molecule has 4 atom stereocenters. The standard InChI is InChI=1S/4C16H13NO2.8CH4/c4*17-9-12-1-3-13(4-2-12)14-5-7-15(8-6-14)18-10-16-11-19-16;;;;;;;;/h4*1-8,16H,10-11H2;8*1H4. The molecule has 0 radical (unpaired) electrons. The fraction of sp³-hybridized carbons (Fsp3) is 0.278. The lowest BCUT2D eigenvalue weighted by Gasteiger charge is -2.06. The Hall–Kier alpha value is -9.24. The van der Waals surface area contributed by atoms with Crippen molar-refractivity contribution in [3.8, 4) is 91.8 Å². The van der Waals surface area contributed by atoms with Gasteiger partial charge < -0.3 is 37.9 Å². The molecular weight excluding hydrogens is 1050 g/mol. The van der Waals surface area contributed by atoms with Gasteiger partial charge in [0, 0.05) is 0 Å². The van der Waals surface area contributed by atoms with E-state index >= 15 is 0 Å². The minimum absolute atomic E-state index is 0. The summed E-state index contributed by atoms with van der Waals surface area (Å²) in [7, 11) is 0. The van der Waals surface area contributed by atoms with E-state index in [0.717, 1.165) is 93.9 Å². The van der Waals surface area contributed by atoms with Crippen LogP contribution in [0.3, 0.4) is 0 Å². The third-order valence-corrected chi connectivity index (χ3v) is 12.2. The molecule has 0 aliphatic carbocycles. The predicted molar refractivity (Wildman–Crippen MR) is 341 cm³/mol. The highest BCUT2D eigenvalue weighted by atomic mass is 16.6. The van der Waals surface area contributed by atoms with Gasteiger partial charge in [0.05, 0.1) is 73.0 Å². The summed E-state index contributed by atoms with van der Waals surface area (Å²) in [6.45, 7) is 5.72. The maximum absolute atomic E-state index is 8.77. The maximum Gasteiger partial charge on any atom is 0.119 e. The molecule has 8 aromatic carbocycles. The fourth-order valence-electron chi connectivity index (χ4n) is 7.34. The molecule has 0 amide bonds. The first-order valence-electron chi connectivity index (χ1n) is 24.8. The molecule has 4 aliphatic heterocycles. The summed E-state index contributed by atoms with van der Waals surface area (Å²) in [4.78, 5) is 0. The number of nitriles is 4. The summed E-state index contributed by atoms with van der Waals surface area (Å²) in [5.74, 6) is 3.42. The van der Waals surface area contributed by atoms with Gasteiger partial charge in [-0.15, -0.1) is 0 Å². The number of benzene rings is 8. The Morgan fingerprint density at radius 1 is 0.250 bits per heavy atom. The third-order valence-electron chi connectivity index (χ3n) is 12.2. The van der Waals surface area contributed by atoms with Crippen LogP contribution in [0.4, 0.5) is 0 Å². The van der Waals surface area contributed by atoms with Gasteiger partial charge in [-0.25, -0.2) is 0 Å². The SMILES string of the molecule is C.C.C.C.C.C.C.C.N#Cc1ccc(-c2ccc(OCC3CO3)cc2)cc1.N#Cc1ccc(-c2ccc(OCC3CO3)cc2)cc1.N#Cc1ccc(-c2ccc(OCC3CO3)cc2)cc1.N#Cc1ccc(-c2ccc(OCC3CO3)cc2)cc1. The third kappa shape index (κ3) is 23.3. The van der Waals surface area contributed by atoms with Crippen LogP contribution in [0.5, 0.6) is 23.0 Å². The summed E-state index contributed by atoms with van der Waals surface area (Å²) in [5, 5.41) is 35.1. The van der Waals surface area contributed by atoms with E-state index in [4.69, 9.17) is 58.9 Å². The summed E-state index contributed by atoms with van der Waals surface area (Å²) in [5.41, 5.74) is 11.5. The van der Waals surface area contributed by atoms with E-state index in [1.165, 1.54) is 0 Å². The Balaban J connectivity index is 0.000000543. The zero-order valence-electron chi connectivity index (χ0n) is 41.5. The van der Waals surface area contributed by atoms with Crippen LogP contribution in [0.2, 0.25) is 0 Å². The number of epoxide rings is 4. The van der Waals surface area contributed by atoms with Crippen LogP contribution in [0, 0.1) is 45.3 Å². The van der Waals surface area contributed by atoms with E-state index in [2.05, 4.69) is 24.3 Å². The van der Waals surface area contributed by atoms with Gasteiger partial charge in [-0.05, 0) is 142 Å². The molecular formula is C72H84N4O8. The van der Waals surface area contributed by atoms with Gasteiger partial charge in [0.15, 0.2) is 0 Å². The molecule has 0 aromatic heterocycles. The van der Waals surface area contributed by atoms with Crippen LogP contribution >= 0.6 is 0 Å². The van der Waals surface area contributed by atoms with Crippen molar-refractivity contribution in [3.63, 3.8) is 0 Å². The minimum Gasteiger partial charge on any atom is -0.491 e. The van der Waals surface area contributed by atoms with Crippen LogP contribution in [0.25, 0.3) is 44.5 Å². The second-order valence-electron chi connectivity index (χ2n) is 17.9. The van der Waals surface area contributed by atoms with Crippen LogP contribution in [-0.4, -0.2) is 77.3 Å². The second-order valence-corrected chi connectivity index (χ2v) is 17.9. The van der Waals surface area contributed by atoms with Gasteiger partial charge in [0.1, 0.15) is 73.8 Å². The first-order chi connectivity index (χ1) is 37.4. The number of rotatable bonds is 16. The molecule has 0 saturated carbocycles. The van der Waals surface area contributed by atoms with Gasteiger partial charge in [0.25, 0.3) is 0 Å². The molecule has 440 valence electrons. The lowest BCUT2D eigenvalue weighted by molar-refractivity contribution is 0.263. The monoisotopic (exact) mass is 1130 g/mol. The first-order valence-corrected chi connectivity index (χ1v) is 24.8. The number of hydrogen-bond donors (Lipinski definition) is 0. The first kappa shape index (κ1) is 72.8. The molecule has 4 heterocycles. The Kier molecular flexibility index (Phi) is 32.0. The summed E-state index contributed by atoms with van der Waals surface area (Å²) >= 11 is 0. The molecule has 4 saturated heterocycles. The van der Waals surface area contributed by atoms with Crippen LogP contribution in [0.1, 0.15) is 81.7 Å². The van der Waals surface area contributed by atoms with Gasteiger partial charge in [-0.3, -0.25) is 0 Å². The average Bonchev–Trinajstić information content (AvgIpc) is 4.31.